The number of aryl methyl sites for hydroxylation is 1. The Balaban J connectivity index is 1.85. The van der Waals surface area contributed by atoms with Crippen molar-refractivity contribution < 1.29 is 14.3 Å². The van der Waals surface area contributed by atoms with Crippen molar-refractivity contribution in [2.45, 2.75) is 20.3 Å². The summed E-state index contributed by atoms with van der Waals surface area (Å²) in [4.78, 5) is 12.1. The molecular weight excluding hydrogens is 342 g/mol. The third-order valence-corrected chi connectivity index (χ3v) is 4.31. The number of aromatic nitrogens is 2. The minimum absolute atomic E-state index is 0.102. The molecule has 2 aromatic rings. The number of hydrogen-bond acceptors (Lipinski definition) is 4. The van der Waals surface area contributed by atoms with Gasteiger partial charge < -0.3 is 14.8 Å². The average Bonchev–Trinajstić information content (AvgIpc) is 2.88. The number of halogens is 1. The molecule has 1 N–H and O–H groups in total. The smallest absolute Gasteiger partial charge is 0.251 e. The predicted molar refractivity (Wildman–Crippen MR) is 97.7 cm³/mol. The van der Waals surface area contributed by atoms with Gasteiger partial charge in [0.25, 0.3) is 5.91 Å². The summed E-state index contributed by atoms with van der Waals surface area (Å²) >= 11 is 6.18. The highest BCUT2D eigenvalue weighted by atomic mass is 35.5. The number of nitrogens with one attached hydrogen (secondary N) is 1. The minimum Gasteiger partial charge on any atom is -0.382 e. The standard InChI is InChI=1S/C18H24ClN3O3/c1-13-17(19)14(2)22(21-13)16-7-5-15(6-8-16)18(23)20-9-4-10-25-12-11-24-3/h5-8H,4,9-12H2,1-3H3,(H,20,23). The fraction of sp³-hybridized carbons (Fsp3) is 0.444. The molecule has 1 aromatic heterocycles. The van der Waals surface area contributed by atoms with E-state index >= 15 is 0 Å². The molecule has 6 nitrogen and oxygen atoms in total. The van der Waals surface area contributed by atoms with Crippen molar-refractivity contribution in [3.05, 3.63) is 46.2 Å². The maximum Gasteiger partial charge on any atom is 0.251 e. The summed E-state index contributed by atoms with van der Waals surface area (Å²) in [6, 6.07) is 7.28. The van der Waals surface area contributed by atoms with Gasteiger partial charge in [-0.05, 0) is 44.5 Å². The van der Waals surface area contributed by atoms with Gasteiger partial charge in [0.05, 0.1) is 35.3 Å². The lowest BCUT2D eigenvalue weighted by Crippen LogP contribution is -2.25. The zero-order valence-corrected chi connectivity index (χ0v) is 15.6. The van der Waals surface area contributed by atoms with Gasteiger partial charge >= 0.3 is 0 Å². The van der Waals surface area contributed by atoms with Crippen molar-refractivity contribution in [3.8, 4) is 5.69 Å². The van der Waals surface area contributed by atoms with Crippen LogP contribution in [-0.4, -0.2) is 49.2 Å². The van der Waals surface area contributed by atoms with E-state index in [-0.39, 0.29) is 5.91 Å². The molecule has 1 heterocycles. The van der Waals surface area contributed by atoms with E-state index in [0.29, 0.717) is 37.0 Å². The molecule has 0 spiro atoms. The lowest BCUT2D eigenvalue weighted by molar-refractivity contribution is 0.0688. The van der Waals surface area contributed by atoms with Gasteiger partial charge in [-0.15, -0.1) is 0 Å². The molecule has 0 fully saturated rings. The molecule has 0 bridgehead atoms. The molecule has 0 aliphatic carbocycles. The normalized spacial score (nSPS) is 10.9. The molecule has 2 rings (SSSR count). The lowest BCUT2D eigenvalue weighted by atomic mass is 10.2. The topological polar surface area (TPSA) is 65.4 Å². The van der Waals surface area contributed by atoms with Gasteiger partial charge in [0, 0.05) is 25.8 Å². The Hall–Kier alpha value is -1.89. The summed E-state index contributed by atoms with van der Waals surface area (Å²) in [7, 11) is 1.64. The second-order valence-electron chi connectivity index (χ2n) is 5.66. The van der Waals surface area contributed by atoms with Crippen LogP contribution < -0.4 is 5.32 Å². The average molecular weight is 366 g/mol. The highest BCUT2D eigenvalue weighted by Crippen LogP contribution is 2.22. The third-order valence-electron chi connectivity index (χ3n) is 3.76. The van der Waals surface area contributed by atoms with Gasteiger partial charge in [0.1, 0.15) is 0 Å². The molecule has 0 saturated carbocycles. The molecule has 0 atom stereocenters. The number of rotatable bonds is 9. The maximum atomic E-state index is 12.1. The molecule has 0 aliphatic rings. The molecule has 1 amide bonds. The number of hydrogen-bond donors (Lipinski definition) is 1. The lowest BCUT2D eigenvalue weighted by Gasteiger charge is -2.08. The summed E-state index contributed by atoms with van der Waals surface area (Å²) in [6.45, 7) is 6.10. The Kier molecular flexibility index (Phi) is 7.43. The van der Waals surface area contributed by atoms with Crippen LogP contribution in [0.4, 0.5) is 0 Å². The Morgan fingerprint density at radius 2 is 1.92 bits per heavy atom. The predicted octanol–water partition coefficient (Wildman–Crippen LogP) is 2.93. The van der Waals surface area contributed by atoms with Gasteiger partial charge in [-0.3, -0.25) is 4.79 Å². The highest BCUT2D eigenvalue weighted by molar-refractivity contribution is 6.31. The van der Waals surface area contributed by atoms with Gasteiger partial charge in [-0.2, -0.15) is 5.10 Å². The van der Waals surface area contributed by atoms with Crippen LogP contribution in [-0.2, 0) is 9.47 Å². The van der Waals surface area contributed by atoms with E-state index in [0.717, 1.165) is 23.5 Å². The van der Waals surface area contributed by atoms with E-state index in [1.54, 1.807) is 23.9 Å². The molecule has 0 saturated heterocycles. The van der Waals surface area contributed by atoms with Gasteiger partial charge in [-0.25, -0.2) is 4.68 Å². The van der Waals surface area contributed by atoms with E-state index in [1.165, 1.54) is 0 Å². The second kappa shape index (κ2) is 9.56. The molecule has 25 heavy (non-hydrogen) atoms. The summed E-state index contributed by atoms with van der Waals surface area (Å²) in [5, 5.41) is 7.95. The van der Waals surface area contributed by atoms with Gasteiger partial charge in [-0.1, -0.05) is 11.6 Å². The molecule has 136 valence electrons. The zero-order chi connectivity index (χ0) is 18.2. The molecule has 1 aromatic carbocycles. The Labute approximate surface area is 153 Å². The summed E-state index contributed by atoms with van der Waals surface area (Å²) in [6.07, 6.45) is 0.762. The number of amides is 1. The first kappa shape index (κ1) is 19.4. The summed E-state index contributed by atoms with van der Waals surface area (Å²) < 4.78 is 12.0. The third kappa shape index (κ3) is 5.29. The zero-order valence-electron chi connectivity index (χ0n) is 14.8. The van der Waals surface area contributed by atoms with Crippen LogP contribution in [0.25, 0.3) is 5.69 Å². The van der Waals surface area contributed by atoms with Gasteiger partial charge in [0.2, 0.25) is 0 Å². The van der Waals surface area contributed by atoms with Crippen molar-refractivity contribution in [2.75, 3.05) is 33.5 Å². The van der Waals surface area contributed by atoms with Crippen molar-refractivity contribution in [1.82, 2.24) is 15.1 Å². The van der Waals surface area contributed by atoms with Crippen LogP contribution in [0.1, 0.15) is 28.2 Å². The molecule has 7 heteroatoms. The number of carbonyl (C=O) groups is 1. The van der Waals surface area contributed by atoms with Gasteiger partial charge in [0.15, 0.2) is 0 Å². The summed E-state index contributed by atoms with van der Waals surface area (Å²) in [5.74, 6) is -0.102. The fourth-order valence-corrected chi connectivity index (χ4v) is 2.47. The van der Waals surface area contributed by atoms with E-state index in [4.69, 9.17) is 21.1 Å². The van der Waals surface area contributed by atoms with E-state index in [9.17, 15) is 4.79 Å². The van der Waals surface area contributed by atoms with Crippen LogP contribution in [0, 0.1) is 13.8 Å². The number of carbonyl (C=O) groups excluding carboxylic acids is 1. The first-order chi connectivity index (χ1) is 12.0. The van der Waals surface area contributed by atoms with Crippen molar-refractivity contribution in [2.24, 2.45) is 0 Å². The van der Waals surface area contributed by atoms with Crippen LogP contribution in [0.5, 0.6) is 0 Å². The Morgan fingerprint density at radius 3 is 2.52 bits per heavy atom. The van der Waals surface area contributed by atoms with Crippen molar-refractivity contribution in [3.63, 3.8) is 0 Å². The number of methoxy groups -OCH3 is 1. The molecule has 0 unspecified atom stereocenters. The van der Waals surface area contributed by atoms with Crippen LogP contribution in [0.3, 0.4) is 0 Å². The first-order valence-electron chi connectivity index (χ1n) is 8.21. The molecule has 0 aliphatic heterocycles. The van der Waals surface area contributed by atoms with Crippen LogP contribution in [0.2, 0.25) is 5.02 Å². The van der Waals surface area contributed by atoms with E-state index in [2.05, 4.69) is 10.4 Å². The monoisotopic (exact) mass is 365 g/mol. The number of nitrogens with zero attached hydrogens (tertiary/aromatic N) is 2. The van der Waals surface area contributed by atoms with E-state index in [1.807, 2.05) is 26.0 Å². The summed E-state index contributed by atoms with van der Waals surface area (Å²) in [5.41, 5.74) is 3.14. The SMILES string of the molecule is COCCOCCCNC(=O)c1ccc(-n2nc(C)c(Cl)c2C)cc1. The fourth-order valence-electron chi connectivity index (χ4n) is 2.35. The van der Waals surface area contributed by atoms with Crippen LogP contribution in [0.15, 0.2) is 24.3 Å². The highest BCUT2D eigenvalue weighted by Gasteiger charge is 2.11. The second-order valence-corrected chi connectivity index (χ2v) is 6.04. The largest absolute Gasteiger partial charge is 0.382 e. The Bertz CT molecular complexity index is 698. The number of ether oxygens (including phenoxy) is 2. The quantitative estimate of drug-likeness (QED) is 0.694. The molecular formula is C18H24ClN3O3. The maximum absolute atomic E-state index is 12.1. The van der Waals surface area contributed by atoms with E-state index < -0.39 is 0 Å². The van der Waals surface area contributed by atoms with Crippen molar-refractivity contribution in [1.29, 1.82) is 0 Å². The first-order valence-corrected chi connectivity index (χ1v) is 8.59. The molecule has 0 radical (unpaired) electrons. The Morgan fingerprint density at radius 1 is 1.20 bits per heavy atom. The van der Waals surface area contributed by atoms with Crippen LogP contribution >= 0.6 is 11.6 Å². The number of benzene rings is 1. The van der Waals surface area contributed by atoms with Crippen molar-refractivity contribution >= 4 is 17.5 Å². The minimum atomic E-state index is -0.102.